The van der Waals surface area contributed by atoms with Gasteiger partial charge in [-0.2, -0.15) is 0 Å². The summed E-state index contributed by atoms with van der Waals surface area (Å²) in [5.41, 5.74) is 6.32. The van der Waals surface area contributed by atoms with Gasteiger partial charge in [0.1, 0.15) is 6.10 Å². The first kappa shape index (κ1) is 12.0. The Bertz CT molecular complexity index is 428. The lowest BCUT2D eigenvalue weighted by atomic mass is 10.0. The minimum absolute atomic E-state index is 0.0107. The second-order valence-electron chi connectivity index (χ2n) is 3.37. The Kier molecular flexibility index (Phi) is 3.50. The Morgan fingerprint density at radius 2 is 2.06 bits per heavy atom. The van der Waals surface area contributed by atoms with Gasteiger partial charge in [-0.25, -0.2) is 4.79 Å². The first-order chi connectivity index (χ1) is 7.43. The number of carboxylic acid groups (broad SMARTS) is 1. The molecule has 3 N–H and O–H groups in total. The molecule has 0 aliphatic carbocycles. The molecule has 0 fully saturated rings. The summed E-state index contributed by atoms with van der Waals surface area (Å²) in [6.45, 7) is 2.92. The van der Waals surface area contributed by atoms with Crippen molar-refractivity contribution in [3.63, 3.8) is 0 Å². The van der Waals surface area contributed by atoms with Crippen molar-refractivity contribution in [2.75, 3.05) is 5.73 Å². The first-order valence-electron chi connectivity index (χ1n) is 4.72. The fourth-order valence-electron chi connectivity index (χ4n) is 1.44. The minimum atomic E-state index is -1.10. The third-order valence-corrected chi connectivity index (χ3v) is 2.15. The smallest absolute Gasteiger partial charge is 0.337 e. The van der Waals surface area contributed by atoms with Crippen molar-refractivity contribution in [3.05, 3.63) is 29.3 Å². The van der Waals surface area contributed by atoms with Crippen LogP contribution in [-0.2, 0) is 9.53 Å². The van der Waals surface area contributed by atoms with Crippen LogP contribution in [-0.4, -0.2) is 17.0 Å². The lowest BCUT2D eigenvalue weighted by Crippen LogP contribution is -2.10. The molecule has 1 rings (SSSR count). The van der Waals surface area contributed by atoms with Crippen molar-refractivity contribution >= 4 is 17.6 Å². The van der Waals surface area contributed by atoms with Crippen LogP contribution in [0.3, 0.4) is 0 Å². The van der Waals surface area contributed by atoms with E-state index >= 15 is 0 Å². The highest BCUT2D eigenvalue weighted by Gasteiger charge is 2.16. The molecule has 0 aromatic heterocycles. The predicted molar refractivity (Wildman–Crippen MR) is 58.0 cm³/mol. The maximum atomic E-state index is 10.8. The molecule has 5 nitrogen and oxygen atoms in total. The topological polar surface area (TPSA) is 89.6 Å². The fraction of sp³-hybridized carbons (Fsp3) is 0.273. The van der Waals surface area contributed by atoms with Gasteiger partial charge in [0.15, 0.2) is 0 Å². The average Bonchev–Trinajstić information content (AvgIpc) is 2.16. The number of benzene rings is 1. The van der Waals surface area contributed by atoms with Gasteiger partial charge < -0.3 is 15.6 Å². The number of esters is 1. The van der Waals surface area contributed by atoms with Gasteiger partial charge in [-0.15, -0.1) is 0 Å². The van der Waals surface area contributed by atoms with Gasteiger partial charge >= 0.3 is 11.9 Å². The second-order valence-corrected chi connectivity index (χ2v) is 3.37. The van der Waals surface area contributed by atoms with Gasteiger partial charge in [-0.3, -0.25) is 4.79 Å². The predicted octanol–water partition coefficient (Wildman–Crippen LogP) is 1.59. The summed E-state index contributed by atoms with van der Waals surface area (Å²) >= 11 is 0. The number of ether oxygens (including phenoxy) is 1. The number of aromatic carboxylic acids is 1. The highest BCUT2D eigenvalue weighted by Crippen LogP contribution is 2.26. The maximum Gasteiger partial charge on any atom is 0.337 e. The fourth-order valence-corrected chi connectivity index (χ4v) is 1.44. The summed E-state index contributed by atoms with van der Waals surface area (Å²) in [6.07, 6.45) is -0.559. The Hall–Kier alpha value is -2.04. The monoisotopic (exact) mass is 223 g/mol. The molecule has 86 valence electrons. The van der Waals surface area contributed by atoms with Crippen LogP contribution in [0.25, 0.3) is 0 Å². The highest BCUT2D eigenvalue weighted by atomic mass is 16.5. The van der Waals surface area contributed by atoms with Crippen molar-refractivity contribution in [2.24, 2.45) is 0 Å². The van der Waals surface area contributed by atoms with Crippen LogP contribution in [0.15, 0.2) is 18.2 Å². The number of nitrogens with two attached hydrogens (primary N) is 1. The van der Waals surface area contributed by atoms with Crippen LogP contribution in [0.2, 0.25) is 0 Å². The van der Waals surface area contributed by atoms with E-state index in [0.717, 1.165) is 0 Å². The number of anilines is 1. The largest absolute Gasteiger partial charge is 0.478 e. The van der Waals surface area contributed by atoms with Crippen LogP contribution < -0.4 is 5.73 Å². The standard InChI is InChI=1S/C11H13NO4/c1-6(16-7(2)13)8-4-3-5-9(10(8)12)11(14)15/h3-6H,12H2,1-2H3,(H,14,15). The van der Waals surface area contributed by atoms with Crippen LogP contribution in [0.1, 0.15) is 35.9 Å². The van der Waals surface area contributed by atoms with Crippen molar-refractivity contribution in [3.8, 4) is 0 Å². The Morgan fingerprint density at radius 1 is 1.44 bits per heavy atom. The molecule has 1 aromatic rings. The van der Waals surface area contributed by atoms with Crippen LogP contribution in [0, 0.1) is 0 Å². The van der Waals surface area contributed by atoms with Crippen molar-refractivity contribution in [1.82, 2.24) is 0 Å². The molecule has 5 heteroatoms. The zero-order valence-electron chi connectivity index (χ0n) is 9.06. The zero-order valence-corrected chi connectivity index (χ0v) is 9.06. The third-order valence-electron chi connectivity index (χ3n) is 2.15. The number of carbonyl (C=O) groups excluding carboxylic acids is 1. The Balaban J connectivity index is 3.10. The van der Waals surface area contributed by atoms with Crippen molar-refractivity contribution in [2.45, 2.75) is 20.0 Å². The molecular formula is C11H13NO4. The molecule has 1 atom stereocenters. The zero-order chi connectivity index (χ0) is 12.3. The number of rotatable bonds is 3. The number of hydrogen-bond acceptors (Lipinski definition) is 4. The van der Waals surface area contributed by atoms with Crippen molar-refractivity contribution < 1.29 is 19.4 Å². The molecule has 0 saturated carbocycles. The molecule has 0 saturated heterocycles. The van der Waals surface area contributed by atoms with E-state index in [1.54, 1.807) is 19.1 Å². The molecule has 0 radical (unpaired) electrons. The quantitative estimate of drug-likeness (QED) is 0.600. The molecule has 1 aromatic carbocycles. The summed E-state index contributed by atoms with van der Waals surface area (Å²) in [7, 11) is 0. The third kappa shape index (κ3) is 2.50. The number of carbonyl (C=O) groups is 2. The summed E-state index contributed by atoms with van der Waals surface area (Å²) < 4.78 is 4.94. The van der Waals surface area contributed by atoms with E-state index < -0.39 is 18.0 Å². The van der Waals surface area contributed by atoms with Gasteiger partial charge in [-0.05, 0) is 13.0 Å². The number of nitrogen functional groups attached to an aromatic ring is 1. The van der Waals surface area contributed by atoms with E-state index in [1.807, 2.05) is 0 Å². The van der Waals surface area contributed by atoms with E-state index in [9.17, 15) is 9.59 Å². The van der Waals surface area contributed by atoms with Gasteiger partial charge in [-0.1, -0.05) is 12.1 Å². The molecule has 0 amide bonds. The summed E-state index contributed by atoms with van der Waals surface area (Å²) in [4.78, 5) is 21.6. The van der Waals surface area contributed by atoms with Crippen molar-refractivity contribution in [1.29, 1.82) is 0 Å². The minimum Gasteiger partial charge on any atom is -0.478 e. The molecule has 1 unspecified atom stereocenters. The molecule has 0 heterocycles. The first-order valence-corrected chi connectivity index (χ1v) is 4.72. The summed E-state index contributed by atoms with van der Waals surface area (Å²) in [5.74, 6) is -1.54. The number of para-hydroxylation sites is 1. The van der Waals surface area contributed by atoms with E-state index in [0.29, 0.717) is 5.56 Å². The lowest BCUT2D eigenvalue weighted by molar-refractivity contribution is -0.145. The highest BCUT2D eigenvalue weighted by molar-refractivity contribution is 5.94. The number of carboxylic acids is 1. The summed E-state index contributed by atoms with van der Waals surface area (Å²) in [6, 6.07) is 4.60. The second kappa shape index (κ2) is 4.65. The van der Waals surface area contributed by atoms with Crippen LogP contribution >= 0.6 is 0 Å². The lowest BCUT2D eigenvalue weighted by Gasteiger charge is -2.15. The van der Waals surface area contributed by atoms with E-state index in [4.69, 9.17) is 15.6 Å². The van der Waals surface area contributed by atoms with Gasteiger partial charge in [0.05, 0.1) is 11.3 Å². The molecule has 0 bridgehead atoms. The van der Waals surface area contributed by atoms with Crippen LogP contribution in [0.5, 0.6) is 0 Å². The Labute approximate surface area is 92.8 Å². The Morgan fingerprint density at radius 3 is 2.56 bits per heavy atom. The molecular weight excluding hydrogens is 210 g/mol. The molecule has 0 spiro atoms. The molecule has 0 aliphatic rings. The number of hydrogen-bond donors (Lipinski definition) is 2. The molecule has 16 heavy (non-hydrogen) atoms. The molecule has 0 aliphatic heterocycles. The SMILES string of the molecule is CC(=O)OC(C)c1cccc(C(=O)O)c1N. The van der Waals surface area contributed by atoms with Crippen LogP contribution in [0.4, 0.5) is 5.69 Å². The van der Waals surface area contributed by atoms with E-state index in [-0.39, 0.29) is 11.3 Å². The normalized spacial score (nSPS) is 11.9. The average molecular weight is 223 g/mol. The van der Waals surface area contributed by atoms with Gasteiger partial charge in [0.25, 0.3) is 0 Å². The van der Waals surface area contributed by atoms with E-state index in [1.165, 1.54) is 13.0 Å². The van der Waals surface area contributed by atoms with E-state index in [2.05, 4.69) is 0 Å². The van der Waals surface area contributed by atoms with Gasteiger partial charge in [0, 0.05) is 12.5 Å². The summed E-state index contributed by atoms with van der Waals surface area (Å²) in [5, 5.41) is 8.87. The van der Waals surface area contributed by atoms with Gasteiger partial charge in [0.2, 0.25) is 0 Å². The maximum absolute atomic E-state index is 10.8.